The van der Waals surface area contributed by atoms with Gasteiger partial charge in [0.2, 0.25) is 5.91 Å². The molecule has 2 aromatic carbocycles. The summed E-state index contributed by atoms with van der Waals surface area (Å²) in [6.45, 7) is 0. The van der Waals surface area contributed by atoms with Gasteiger partial charge in [-0.1, -0.05) is 18.2 Å². The van der Waals surface area contributed by atoms with E-state index in [1.807, 2.05) is 6.07 Å². The molecule has 124 valence electrons. The first-order valence-electron chi connectivity index (χ1n) is 6.89. The molecule has 0 spiro atoms. The van der Waals surface area contributed by atoms with Gasteiger partial charge >= 0.3 is 0 Å². The van der Waals surface area contributed by atoms with E-state index in [1.165, 1.54) is 12.3 Å². The number of para-hydroxylation sites is 1. The molecule has 0 aromatic heterocycles. The van der Waals surface area contributed by atoms with Gasteiger partial charge in [0.25, 0.3) is 5.69 Å². The standard InChI is InChI=1S/C16H14IN3O4/c1-24-15-7-6-11(8-13(15)17)10-18-19-16(21)9-12-4-2-3-5-14(12)20(22)23/h2-8,10H,9H2,1H3,(H,19,21). The highest BCUT2D eigenvalue weighted by Gasteiger charge is 2.14. The second-order valence-corrected chi connectivity index (χ2v) is 5.91. The predicted molar refractivity (Wildman–Crippen MR) is 98.2 cm³/mol. The van der Waals surface area contributed by atoms with Crippen molar-refractivity contribution < 1.29 is 14.5 Å². The van der Waals surface area contributed by atoms with Crippen LogP contribution in [0.1, 0.15) is 11.1 Å². The van der Waals surface area contributed by atoms with Gasteiger partial charge in [-0.05, 0) is 46.4 Å². The molecule has 0 atom stereocenters. The Kier molecular flexibility index (Phi) is 6.24. The van der Waals surface area contributed by atoms with E-state index in [0.717, 1.165) is 14.9 Å². The van der Waals surface area contributed by atoms with Gasteiger partial charge in [0.1, 0.15) is 5.75 Å². The van der Waals surface area contributed by atoms with Crippen molar-refractivity contribution in [3.63, 3.8) is 0 Å². The zero-order valence-corrected chi connectivity index (χ0v) is 14.9. The molecular formula is C16H14IN3O4. The van der Waals surface area contributed by atoms with E-state index in [2.05, 4.69) is 33.1 Å². The summed E-state index contributed by atoms with van der Waals surface area (Å²) in [5, 5.41) is 14.8. The maximum Gasteiger partial charge on any atom is 0.273 e. The van der Waals surface area contributed by atoms with Gasteiger partial charge in [0.15, 0.2) is 0 Å². The van der Waals surface area contributed by atoms with Crippen LogP contribution in [0, 0.1) is 13.7 Å². The number of nitro benzene ring substituents is 1. The van der Waals surface area contributed by atoms with Gasteiger partial charge in [-0.25, -0.2) is 5.43 Å². The van der Waals surface area contributed by atoms with Crippen molar-refractivity contribution in [2.45, 2.75) is 6.42 Å². The molecule has 0 aliphatic rings. The number of carbonyl (C=O) groups is 1. The fraction of sp³-hybridized carbons (Fsp3) is 0.125. The summed E-state index contributed by atoms with van der Waals surface area (Å²) < 4.78 is 6.08. The van der Waals surface area contributed by atoms with Crippen LogP contribution in [-0.4, -0.2) is 24.2 Å². The van der Waals surface area contributed by atoms with E-state index in [1.54, 1.807) is 37.4 Å². The van der Waals surface area contributed by atoms with Crippen molar-refractivity contribution in [2.24, 2.45) is 5.10 Å². The lowest BCUT2D eigenvalue weighted by Crippen LogP contribution is -2.20. The molecule has 7 nitrogen and oxygen atoms in total. The Balaban J connectivity index is 1.98. The van der Waals surface area contributed by atoms with Crippen LogP contribution in [0.25, 0.3) is 0 Å². The number of benzene rings is 2. The first kappa shape index (κ1) is 17.9. The van der Waals surface area contributed by atoms with Crippen LogP contribution < -0.4 is 10.2 Å². The molecule has 0 aliphatic heterocycles. The van der Waals surface area contributed by atoms with Crippen molar-refractivity contribution in [3.8, 4) is 5.75 Å². The zero-order chi connectivity index (χ0) is 17.5. The first-order valence-corrected chi connectivity index (χ1v) is 7.97. The van der Waals surface area contributed by atoms with Crippen LogP contribution in [0.15, 0.2) is 47.6 Å². The van der Waals surface area contributed by atoms with Gasteiger partial charge in [-0.15, -0.1) is 0 Å². The maximum absolute atomic E-state index is 11.9. The SMILES string of the molecule is COc1ccc(C=NNC(=O)Cc2ccccc2[N+](=O)[O-])cc1I. The molecule has 0 saturated carbocycles. The summed E-state index contributed by atoms with van der Waals surface area (Å²) in [7, 11) is 1.59. The highest BCUT2D eigenvalue weighted by atomic mass is 127. The Morgan fingerprint density at radius 2 is 2.12 bits per heavy atom. The minimum Gasteiger partial charge on any atom is -0.496 e. The van der Waals surface area contributed by atoms with Gasteiger partial charge in [-0.3, -0.25) is 14.9 Å². The molecule has 0 saturated heterocycles. The smallest absolute Gasteiger partial charge is 0.273 e. The number of ether oxygens (including phenoxy) is 1. The summed E-state index contributed by atoms with van der Waals surface area (Å²) >= 11 is 2.14. The van der Waals surface area contributed by atoms with Crippen molar-refractivity contribution >= 4 is 40.4 Å². The Bertz CT molecular complexity index is 793. The third-order valence-corrected chi connectivity index (χ3v) is 3.96. The van der Waals surface area contributed by atoms with Crippen LogP contribution in [0.4, 0.5) is 5.69 Å². The van der Waals surface area contributed by atoms with Crippen LogP contribution >= 0.6 is 22.6 Å². The summed E-state index contributed by atoms with van der Waals surface area (Å²) in [5.74, 6) is 0.330. The molecule has 0 heterocycles. The number of nitro groups is 1. The molecule has 2 aromatic rings. The molecule has 0 aliphatic carbocycles. The molecule has 1 N–H and O–H groups in total. The third-order valence-electron chi connectivity index (χ3n) is 3.12. The fourth-order valence-corrected chi connectivity index (χ4v) is 2.75. The predicted octanol–water partition coefficient (Wildman–Crippen LogP) is 2.90. The molecule has 0 fully saturated rings. The Hall–Kier alpha value is -2.49. The van der Waals surface area contributed by atoms with Crippen molar-refractivity contribution in [1.82, 2.24) is 5.43 Å². The molecule has 0 unspecified atom stereocenters. The van der Waals surface area contributed by atoms with Gasteiger partial charge in [0, 0.05) is 11.6 Å². The van der Waals surface area contributed by atoms with E-state index in [0.29, 0.717) is 5.56 Å². The van der Waals surface area contributed by atoms with Gasteiger partial charge in [-0.2, -0.15) is 5.10 Å². The minimum atomic E-state index is -0.509. The summed E-state index contributed by atoms with van der Waals surface area (Å²) in [5.41, 5.74) is 3.43. The van der Waals surface area contributed by atoms with Crippen molar-refractivity contribution in [1.29, 1.82) is 0 Å². The molecule has 0 radical (unpaired) electrons. The second kappa shape index (κ2) is 8.39. The molecule has 24 heavy (non-hydrogen) atoms. The first-order chi connectivity index (χ1) is 11.5. The summed E-state index contributed by atoms with van der Waals surface area (Å²) in [4.78, 5) is 22.3. The average molecular weight is 439 g/mol. The van der Waals surface area contributed by atoms with E-state index < -0.39 is 10.8 Å². The van der Waals surface area contributed by atoms with Crippen LogP contribution in [0.5, 0.6) is 5.75 Å². The van der Waals surface area contributed by atoms with Crippen molar-refractivity contribution in [3.05, 3.63) is 67.3 Å². The number of nitrogens with zero attached hydrogens (tertiary/aromatic N) is 2. The van der Waals surface area contributed by atoms with Gasteiger partial charge < -0.3 is 4.74 Å². The lowest BCUT2D eigenvalue weighted by atomic mass is 10.1. The molecular weight excluding hydrogens is 425 g/mol. The number of amides is 1. The zero-order valence-electron chi connectivity index (χ0n) is 12.7. The number of halogens is 1. The number of rotatable bonds is 6. The highest BCUT2D eigenvalue weighted by Crippen LogP contribution is 2.21. The number of nitrogens with one attached hydrogen (secondary N) is 1. The third kappa shape index (κ3) is 4.75. The van der Waals surface area contributed by atoms with Crippen molar-refractivity contribution in [2.75, 3.05) is 7.11 Å². The maximum atomic E-state index is 11.9. The monoisotopic (exact) mass is 439 g/mol. The fourth-order valence-electron chi connectivity index (χ4n) is 1.99. The molecule has 1 amide bonds. The molecule has 8 heteroatoms. The topological polar surface area (TPSA) is 93.8 Å². The Morgan fingerprint density at radius 3 is 2.79 bits per heavy atom. The minimum absolute atomic E-state index is 0.0821. The number of hydrazone groups is 1. The molecule has 2 rings (SSSR count). The number of carbonyl (C=O) groups excluding carboxylic acids is 1. The van der Waals surface area contributed by atoms with E-state index in [9.17, 15) is 14.9 Å². The largest absolute Gasteiger partial charge is 0.496 e. The van der Waals surface area contributed by atoms with E-state index in [-0.39, 0.29) is 12.1 Å². The average Bonchev–Trinajstić information content (AvgIpc) is 2.55. The Morgan fingerprint density at radius 1 is 1.38 bits per heavy atom. The van der Waals surface area contributed by atoms with Crippen LogP contribution in [0.2, 0.25) is 0 Å². The highest BCUT2D eigenvalue weighted by molar-refractivity contribution is 14.1. The van der Waals surface area contributed by atoms with E-state index >= 15 is 0 Å². The quantitative estimate of drug-likeness (QED) is 0.324. The molecule has 0 bridgehead atoms. The van der Waals surface area contributed by atoms with Crippen LogP contribution in [-0.2, 0) is 11.2 Å². The van der Waals surface area contributed by atoms with Gasteiger partial charge in [0.05, 0.1) is 28.2 Å². The summed E-state index contributed by atoms with van der Waals surface area (Å²) in [6, 6.07) is 11.6. The van der Waals surface area contributed by atoms with Crippen LogP contribution in [0.3, 0.4) is 0 Å². The van der Waals surface area contributed by atoms with E-state index in [4.69, 9.17) is 4.74 Å². The lowest BCUT2D eigenvalue weighted by molar-refractivity contribution is -0.385. The lowest BCUT2D eigenvalue weighted by Gasteiger charge is -2.04. The Labute approximate surface area is 152 Å². The normalized spacial score (nSPS) is 10.6. The second-order valence-electron chi connectivity index (χ2n) is 4.75. The number of hydrogen-bond acceptors (Lipinski definition) is 5. The number of hydrogen-bond donors (Lipinski definition) is 1. The number of methoxy groups -OCH3 is 1. The summed E-state index contributed by atoms with van der Waals surface area (Å²) in [6.07, 6.45) is 1.38.